The minimum atomic E-state index is -1.23. The zero-order chi connectivity index (χ0) is 17.9. The standard InChI is InChI=1S/C20H23N3O2/c1-4-25-20(19(2,3)24,15-14-16-10-6-5-7-11-16)23-18-13-9-8-12-17(18)21-22-23/h5-15,24H,4H2,1-3H3/b15-14+. The van der Waals surface area contributed by atoms with Gasteiger partial charge in [0.1, 0.15) is 11.1 Å². The molecule has 130 valence electrons. The van der Waals surface area contributed by atoms with Gasteiger partial charge in [0.2, 0.25) is 5.72 Å². The normalized spacial score (nSPS) is 14.9. The maximum absolute atomic E-state index is 11.0. The molecule has 1 atom stereocenters. The molecule has 2 aromatic carbocycles. The summed E-state index contributed by atoms with van der Waals surface area (Å²) in [5.41, 5.74) is 0.151. The molecular formula is C20H23N3O2. The van der Waals surface area contributed by atoms with Crippen LogP contribution in [0.25, 0.3) is 17.1 Å². The van der Waals surface area contributed by atoms with Crippen molar-refractivity contribution in [1.29, 1.82) is 0 Å². The summed E-state index contributed by atoms with van der Waals surface area (Å²) in [6.45, 7) is 5.75. The number of ether oxygens (including phenoxy) is 1. The van der Waals surface area contributed by atoms with Crippen LogP contribution in [0.4, 0.5) is 0 Å². The Morgan fingerprint density at radius 1 is 1.08 bits per heavy atom. The molecule has 0 bridgehead atoms. The lowest BCUT2D eigenvalue weighted by Crippen LogP contribution is -2.53. The molecule has 5 nitrogen and oxygen atoms in total. The molecule has 1 aromatic heterocycles. The molecule has 0 saturated heterocycles. The van der Waals surface area contributed by atoms with Gasteiger partial charge in [-0.1, -0.05) is 53.8 Å². The molecule has 1 unspecified atom stereocenters. The van der Waals surface area contributed by atoms with E-state index in [1.165, 1.54) is 0 Å². The van der Waals surface area contributed by atoms with E-state index in [2.05, 4.69) is 10.3 Å². The zero-order valence-electron chi connectivity index (χ0n) is 14.8. The fraction of sp³-hybridized carbons (Fsp3) is 0.300. The predicted molar refractivity (Wildman–Crippen MR) is 98.9 cm³/mol. The third kappa shape index (κ3) is 3.21. The molecular weight excluding hydrogens is 314 g/mol. The van der Waals surface area contributed by atoms with Crippen molar-refractivity contribution < 1.29 is 9.84 Å². The highest BCUT2D eigenvalue weighted by Crippen LogP contribution is 2.35. The Bertz CT molecular complexity index is 865. The van der Waals surface area contributed by atoms with Gasteiger partial charge in [0.05, 0.1) is 5.52 Å². The average molecular weight is 337 g/mol. The summed E-state index contributed by atoms with van der Waals surface area (Å²) >= 11 is 0. The molecule has 1 heterocycles. The third-order valence-corrected chi connectivity index (χ3v) is 4.21. The van der Waals surface area contributed by atoms with Gasteiger partial charge in [-0.2, -0.15) is 0 Å². The monoisotopic (exact) mass is 337 g/mol. The number of rotatable bonds is 6. The Hall–Kier alpha value is -2.50. The van der Waals surface area contributed by atoms with Crippen molar-refractivity contribution in [3.8, 4) is 0 Å². The Balaban J connectivity index is 2.19. The first kappa shape index (κ1) is 17.3. The topological polar surface area (TPSA) is 60.2 Å². The molecule has 3 aromatic rings. The number of benzene rings is 2. The number of hydrogen-bond acceptors (Lipinski definition) is 4. The molecule has 0 spiro atoms. The Kier molecular flexibility index (Phi) is 4.70. The molecule has 0 aliphatic rings. The Morgan fingerprint density at radius 3 is 2.44 bits per heavy atom. The van der Waals surface area contributed by atoms with Crippen LogP contribution in [-0.2, 0) is 10.5 Å². The molecule has 0 fully saturated rings. The number of aliphatic hydroxyl groups is 1. The molecule has 0 aliphatic heterocycles. The van der Waals surface area contributed by atoms with Crippen LogP contribution in [0.1, 0.15) is 26.3 Å². The minimum Gasteiger partial charge on any atom is -0.385 e. The first-order valence-corrected chi connectivity index (χ1v) is 8.39. The molecule has 5 heteroatoms. The fourth-order valence-electron chi connectivity index (χ4n) is 2.93. The van der Waals surface area contributed by atoms with Gasteiger partial charge in [0.15, 0.2) is 0 Å². The van der Waals surface area contributed by atoms with E-state index in [0.717, 1.165) is 16.6 Å². The van der Waals surface area contributed by atoms with E-state index in [9.17, 15) is 5.11 Å². The number of para-hydroxylation sites is 1. The van der Waals surface area contributed by atoms with Crippen molar-refractivity contribution in [2.45, 2.75) is 32.1 Å². The van der Waals surface area contributed by atoms with Crippen LogP contribution < -0.4 is 0 Å². The largest absolute Gasteiger partial charge is 0.385 e. The summed E-state index contributed by atoms with van der Waals surface area (Å²) in [5, 5.41) is 19.5. The lowest BCUT2D eigenvalue weighted by atomic mass is 9.92. The summed E-state index contributed by atoms with van der Waals surface area (Å²) in [6.07, 6.45) is 3.79. The highest BCUT2D eigenvalue weighted by Gasteiger charge is 2.46. The second-order valence-electron chi connectivity index (χ2n) is 6.42. The quantitative estimate of drug-likeness (QED) is 0.746. The molecule has 0 radical (unpaired) electrons. The van der Waals surface area contributed by atoms with Gasteiger partial charge in [0, 0.05) is 6.61 Å². The molecule has 3 rings (SSSR count). The van der Waals surface area contributed by atoms with E-state index in [1.54, 1.807) is 18.5 Å². The Morgan fingerprint density at radius 2 is 1.76 bits per heavy atom. The van der Waals surface area contributed by atoms with Crippen LogP contribution >= 0.6 is 0 Å². The number of hydrogen-bond donors (Lipinski definition) is 1. The summed E-state index contributed by atoms with van der Waals surface area (Å²) in [7, 11) is 0. The first-order chi connectivity index (χ1) is 12.0. The van der Waals surface area contributed by atoms with Crippen molar-refractivity contribution in [2.24, 2.45) is 0 Å². The number of nitrogens with zero attached hydrogens (tertiary/aromatic N) is 3. The van der Waals surface area contributed by atoms with E-state index < -0.39 is 11.3 Å². The average Bonchev–Trinajstić information content (AvgIpc) is 3.03. The molecule has 0 aliphatic carbocycles. The van der Waals surface area contributed by atoms with Crippen LogP contribution in [0.5, 0.6) is 0 Å². The number of fused-ring (bicyclic) bond motifs is 1. The maximum Gasteiger partial charge on any atom is 0.210 e. The predicted octanol–water partition coefficient (Wildman–Crippen LogP) is 3.60. The minimum absolute atomic E-state index is 0.414. The van der Waals surface area contributed by atoms with Gasteiger partial charge in [-0.25, -0.2) is 4.68 Å². The molecule has 1 N–H and O–H groups in total. The molecule has 0 saturated carbocycles. The summed E-state index contributed by atoms with van der Waals surface area (Å²) < 4.78 is 7.75. The zero-order valence-corrected chi connectivity index (χ0v) is 14.8. The maximum atomic E-state index is 11.0. The Labute approximate surface area is 147 Å². The molecule has 0 amide bonds. The van der Waals surface area contributed by atoms with Gasteiger partial charge in [-0.3, -0.25) is 0 Å². The fourth-order valence-corrected chi connectivity index (χ4v) is 2.93. The third-order valence-electron chi connectivity index (χ3n) is 4.21. The van der Waals surface area contributed by atoms with Crippen molar-refractivity contribution in [2.75, 3.05) is 6.61 Å². The van der Waals surface area contributed by atoms with Crippen LogP contribution in [0.15, 0.2) is 60.7 Å². The summed E-state index contributed by atoms with van der Waals surface area (Å²) in [4.78, 5) is 0. The van der Waals surface area contributed by atoms with Crippen molar-refractivity contribution in [3.63, 3.8) is 0 Å². The lowest BCUT2D eigenvalue weighted by Gasteiger charge is -2.40. The van der Waals surface area contributed by atoms with Gasteiger partial charge in [-0.05, 0) is 44.5 Å². The van der Waals surface area contributed by atoms with Crippen LogP contribution in [0.3, 0.4) is 0 Å². The van der Waals surface area contributed by atoms with Crippen molar-refractivity contribution in [3.05, 3.63) is 66.2 Å². The van der Waals surface area contributed by atoms with Crippen LogP contribution in [0, 0.1) is 0 Å². The lowest BCUT2D eigenvalue weighted by molar-refractivity contribution is -0.189. The van der Waals surface area contributed by atoms with Gasteiger partial charge < -0.3 is 9.84 Å². The van der Waals surface area contributed by atoms with Gasteiger partial charge in [0.25, 0.3) is 0 Å². The van der Waals surface area contributed by atoms with E-state index in [-0.39, 0.29) is 0 Å². The van der Waals surface area contributed by atoms with Crippen molar-refractivity contribution >= 4 is 17.1 Å². The second-order valence-corrected chi connectivity index (χ2v) is 6.42. The van der Waals surface area contributed by atoms with E-state index >= 15 is 0 Å². The van der Waals surface area contributed by atoms with Crippen molar-refractivity contribution in [1.82, 2.24) is 15.0 Å². The van der Waals surface area contributed by atoms with Crippen LogP contribution in [0.2, 0.25) is 0 Å². The molecule has 25 heavy (non-hydrogen) atoms. The summed E-state index contributed by atoms with van der Waals surface area (Å²) in [6, 6.07) is 17.5. The highest BCUT2D eigenvalue weighted by atomic mass is 16.5. The van der Waals surface area contributed by atoms with Crippen LogP contribution in [-0.4, -0.2) is 32.3 Å². The highest BCUT2D eigenvalue weighted by molar-refractivity contribution is 5.74. The van der Waals surface area contributed by atoms with E-state index in [1.807, 2.05) is 73.7 Å². The van der Waals surface area contributed by atoms with Gasteiger partial charge >= 0.3 is 0 Å². The van der Waals surface area contributed by atoms with E-state index in [4.69, 9.17) is 4.74 Å². The number of aromatic nitrogens is 3. The van der Waals surface area contributed by atoms with Gasteiger partial charge in [-0.15, -0.1) is 5.10 Å². The summed E-state index contributed by atoms with van der Waals surface area (Å²) in [5.74, 6) is 0. The second kappa shape index (κ2) is 6.78. The SMILES string of the molecule is CCOC(/C=C/c1ccccc1)(n1nnc2ccccc21)C(C)(C)O. The van der Waals surface area contributed by atoms with E-state index in [0.29, 0.717) is 6.61 Å². The smallest absolute Gasteiger partial charge is 0.210 e. The first-order valence-electron chi connectivity index (χ1n) is 8.39.